The quantitative estimate of drug-likeness (QED) is 0.152. The molecular weight excluding hydrogens is 622 g/mol. The fourth-order valence-electron chi connectivity index (χ4n) is 6.76. The molecule has 8 heteroatoms. The molecule has 0 radical (unpaired) electrons. The van der Waals surface area contributed by atoms with Crippen LogP contribution in [0.4, 0.5) is 26.3 Å². The first-order chi connectivity index (χ1) is 22.9. The van der Waals surface area contributed by atoms with Gasteiger partial charge in [-0.25, -0.2) is 0 Å². The Morgan fingerprint density at radius 3 is 1.48 bits per heavy atom. The first-order valence-electron chi connectivity index (χ1n) is 15.3. The SMILES string of the molecule is C/C=C1\c2cc(-c3ccc(C(F)(F)F)cc3)ccc2-c2cc3c(cc21)/C(=C(/C#N)NCC)c1cc(-c2ccc(C(F)(F)F)cc2)ccc1-3. The lowest BCUT2D eigenvalue weighted by molar-refractivity contribution is -0.138. The summed E-state index contributed by atoms with van der Waals surface area (Å²) in [5, 5.41) is 13.4. The van der Waals surface area contributed by atoms with Crippen molar-refractivity contribution >= 4 is 11.1 Å². The lowest BCUT2D eigenvalue weighted by Gasteiger charge is -2.12. The van der Waals surface area contributed by atoms with Gasteiger partial charge in [0.25, 0.3) is 0 Å². The zero-order valence-electron chi connectivity index (χ0n) is 25.7. The maximum Gasteiger partial charge on any atom is 0.416 e. The summed E-state index contributed by atoms with van der Waals surface area (Å²) < 4.78 is 79.1. The molecule has 0 aromatic heterocycles. The molecule has 2 aliphatic carbocycles. The van der Waals surface area contributed by atoms with Crippen molar-refractivity contribution < 1.29 is 26.3 Å². The van der Waals surface area contributed by atoms with Gasteiger partial charge in [0.1, 0.15) is 11.8 Å². The summed E-state index contributed by atoms with van der Waals surface area (Å²) in [6.07, 6.45) is -6.84. The van der Waals surface area contributed by atoms with E-state index in [-0.39, 0.29) is 0 Å². The third-order valence-electron chi connectivity index (χ3n) is 8.99. The van der Waals surface area contributed by atoms with Gasteiger partial charge in [-0.3, -0.25) is 0 Å². The van der Waals surface area contributed by atoms with Crippen molar-refractivity contribution in [2.75, 3.05) is 6.54 Å². The molecule has 2 aliphatic rings. The summed E-state index contributed by atoms with van der Waals surface area (Å²) in [6, 6.07) is 28.3. The lowest BCUT2D eigenvalue weighted by Crippen LogP contribution is -2.12. The van der Waals surface area contributed by atoms with Crippen molar-refractivity contribution in [1.82, 2.24) is 5.32 Å². The average molecular weight is 649 g/mol. The second kappa shape index (κ2) is 11.3. The predicted molar refractivity (Wildman–Crippen MR) is 176 cm³/mol. The summed E-state index contributed by atoms with van der Waals surface area (Å²) in [6.45, 7) is 4.35. The van der Waals surface area contributed by atoms with Crippen molar-refractivity contribution in [1.29, 1.82) is 5.26 Å². The number of benzene rings is 5. The summed E-state index contributed by atoms with van der Waals surface area (Å²) in [5.74, 6) is 0. The highest BCUT2D eigenvalue weighted by molar-refractivity contribution is 6.10. The molecule has 0 spiro atoms. The molecule has 0 bridgehead atoms. The molecule has 5 aromatic carbocycles. The number of nitrogens with one attached hydrogen (secondary N) is 1. The van der Waals surface area contributed by atoms with Crippen LogP contribution in [0.3, 0.4) is 0 Å². The van der Waals surface area contributed by atoms with Crippen LogP contribution in [0, 0.1) is 11.3 Å². The topological polar surface area (TPSA) is 35.8 Å². The van der Waals surface area contributed by atoms with Crippen LogP contribution < -0.4 is 5.32 Å². The van der Waals surface area contributed by atoms with Crippen LogP contribution in [0.15, 0.2) is 109 Å². The van der Waals surface area contributed by atoms with Gasteiger partial charge in [0.2, 0.25) is 0 Å². The normalized spacial score (nSPS) is 15.0. The first-order valence-corrected chi connectivity index (χ1v) is 15.3. The minimum atomic E-state index is -4.43. The van der Waals surface area contributed by atoms with Crippen LogP contribution in [0.25, 0.3) is 55.7 Å². The summed E-state index contributed by atoms with van der Waals surface area (Å²) in [4.78, 5) is 0. The molecule has 0 heterocycles. The van der Waals surface area contributed by atoms with Gasteiger partial charge in [-0.15, -0.1) is 0 Å². The number of allylic oxidation sites excluding steroid dienone is 2. The number of fused-ring (bicyclic) bond motifs is 6. The molecule has 1 N–H and O–H groups in total. The van der Waals surface area contributed by atoms with Crippen molar-refractivity contribution in [2.24, 2.45) is 0 Å². The van der Waals surface area contributed by atoms with E-state index >= 15 is 0 Å². The van der Waals surface area contributed by atoms with Crippen molar-refractivity contribution in [3.8, 4) is 50.6 Å². The predicted octanol–water partition coefficient (Wildman–Crippen LogP) is 11.4. The van der Waals surface area contributed by atoms with Gasteiger partial charge in [-0.05, 0) is 135 Å². The van der Waals surface area contributed by atoms with Crippen LogP contribution in [0.5, 0.6) is 0 Å². The van der Waals surface area contributed by atoms with Gasteiger partial charge in [0, 0.05) is 12.1 Å². The van der Waals surface area contributed by atoms with Crippen LogP contribution in [0.1, 0.15) is 47.2 Å². The van der Waals surface area contributed by atoms with E-state index < -0.39 is 23.5 Å². The fourth-order valence-corrected chi connectivity index (χ4v) is 6.76. The van der Waals surface area contributed by atoms with Crippen LogP contribution in [0.2, 0.25) is 0 Å². The summed E-state index contributed by atoms with van der Waals surface area (Å²) in [7, 11) is 0. The molecule has 2 nitrogen and oxygen atoms in total. The number of hydrogen-bond donors (Lipinski definition) is 1. The monoisotopic (exact) mass is 648 g/mol. The average Bonchev–Trinajstić information content (AvgIpc) is 3.56. The molecular formula is C40H26F6N2. The minimum Gasteiger partial charge on any atom is -0.376 e. The third-order valence-corrected chi connectivity index (χ3v) is 8.99. The Kier molecular flexibility index (Phi) is 7.32. The van der Waals surface area contributed by atoms with Gasteiger partial charge >= 0.3 is 12.4 Å². The van der Waals surface area contributed by atoms with Crippen LogP contribution in [-0.2, 0) is 12.4 Å². The minimum absolute atomic E-state index is 0.393. The molecule has 48 heavy (non-hydrogen) atoms. The summed E-state index contributed by atoms with van der Waals surface area (Å²) >= 11 is 0. The van der Waals surface area contributed by atoms with Crippen molar-refractivity contribution in [3.05, 3.63) is 142 Å². The van der Waals surface area contributed by atoms with E-state index in [0.717, 1.165) is 91.0 Å². The molecule has 0 fully saturated rings. The van der Waals surface area contributed by atoms with Gasteiger partial charge in [0.05, 0.1) is 11.1 Å². The molecule has 0 atom stereocenters. The second-order valence-corrected chi connectivity index (χ2v) is 11.7. The van der Waals surface area contributed by atoms with Crippen LogP contribution >= 0.6 is 0 Å². The van der Waals surface area contributed by atoms with Crippen molar-refractivity contribution in [2.45, 2.75) is 26.2 Å². The van der Waals surface area contributed by atoms with E-state index in [0.29, 0.717) is 23.4 Å². The number of nitriles is 1. The lowest BCUT2D eigenvalue weighted by atomic mass is 9.95. The Morgan fingerprint density at radius 1 is 0.583 bits per heavy atom. The molecule has 5 aromatic rings. The van der Waals surface area contributed by atoms with Gasteiger partial charge in [-0.1, -0.05) is 54.6 Å². The number of rotatable bonds is 4. The molecule has 0 saturated heterocycles. The van der Waals surface area contributed by atoms with Gasteiger partial charge in [-0.2, -0.15) is 31.6 Å². The Hall–Kier alpha value is -5.55. The number of alkyl halides is 6. The van der Waals surface area contributed by atoms with E-state index in [4.69, 9.17) is 0 Å². The summed E-state index contributed by atoms with van der Waals surface area (Å²) in [5.41, 5.74) is 10.9. The largest absolute Gasteiger partial charge is 0.416 e. The molecule has 7 rings (SSSR count). The molecule has 238 valence electrons. The Morgan fingerprint density at radius 2 is 1.00 bits per heavy atom. The smallest absolute Gasteiger partial charge is 0.376 e. The maximum absolute atomic E-state index is 13.2. The number of hydrogen-bond acceptors (Lipinski definition) is 2. The van der Waals surface area contributed by atoms with Gasteiger partial charge < -0.3 is 5.32 Å². The fraction of sp³-hybridized carbons (Fsp3) is 0.125. The highest BCUT2D eigenvalue weighted by atomic mass is 19.4. The van der Waals surface area contributed by atoms with Crippen molar-refractivity contribution in [3.63, 3.8) is 0 Å². The van der Waals surface area contributed by atoms with E-state index in [1.165, 1.54) is 24.3 Å². The Balaban J connectivity index is 1.36. The van der Waals surface area contributed by atoms with Gasteiger partial charge in [0.15, 0.2) is 0 Å². The Labute approximate surface area is 273 Å². The van der Waals surface area contributed by atoms with E-state index in [9.17, 15) is 31.6 Å². The number of nitrogens with zero attached hydrogens (tertiary/aromatic N) is 1. The van der Waals surface area contributed by atoms with E-state index in [1.807, 2.05) is 56.3 Å². The highest BCUT2D eigenvalue weighted by Crippen LogP contribution is 2.53. The standard InChI is InChI=1S/C40H26F6N2/c1-3-28-31-17-24(22-5-11-26(12-6-22)39(41,42)43)9-15-29(31)33-19-34-30-16-10-25(23-7-13-27(14-8-23)40(44,45)46)18-35(30)38(36(34)20-32(28)33)37(21-47)48-4-2/h3,5-20,48H,4H2,1-2H3/b28-3+,38-37-. The van der Waals surface area contributed by atoms with E-state index in [2.05, 4.69) is 23.5 Å². The first kappa shape index (κ1) is 31.1. The zero-order valence-corrected chi connectivity index (χ0v) is 25.7. The number of halogens is 6. The maximum atomic E-state index is 13.2. The third kappa shape index (κ3) is 5.07. The van der Waals surface area contributed by atoms with E-state index in [1.54, 1.807) is 0 Å². The molecule has 0 saturated carbocycles. The highest BCUT2D eigenvalue weighted by Gasteiger charge is 2.34. The van der Waals surface area contributed by atoms with Crippen LogP contribution in [-0.4, -0.2) is 6.54 Å². The molecule has 0 unspecified atom stereocenters. The Bertz CT molecular complexity index is 2210. The second-order valence-electron chi connectivity index (χ2n) is 11.7. The zero-order chi connectivity index (χ0) is 34.0. The molecule has 0 aliphatic heterocycles. The molecule has 0 amide bonds.